The van der Waals surface area contributed by atoms with Crippen molar-refractivity contribution < 1.29 is 0 Å². The molecule has 0 aromatic rings. The van der Waals surface area contributed by atoms with Crippen LogP contribution in [-0.2, 0) is 0 Å². The van der Waals surface area contributed by atoms with E-state index in [9.17, 15) is 0 Å². The maximum Gasteiger partial charge on any atom is 0.00926 e. The molecule has 3 rings (SSSR count). The Bertz CT molecular complexity index is 649. The maximum absolute atomic E-state index is 5.67. The quantitative estimate of drug-likeness (QED) is 0.428. The van der Waals surface area contributed by atoms with Gasteiger partial charge in [0, 0.05) is 5.41 Å². The van der Waals surface area contributed by atoms with Gasteiger partial charge in [-0.15, -0.1) is 0 Å². The molecule has 3 aliphatic carbocycles. The molecule has 0 N–H and O–H groups in total. The first-order chi connectivity index (χ1) is 13.3. The number of thiocarbonyl (C=S) groups is 1. The van der Waals surface area contributed by atoms with Gasteiger partial charge in [-0.3, -0.25) is 0 Å². The fourth-order valence-corrected chi connectivity index (χ4v) is 5.59. The Labute approximate surface area is 180 Å². The van der Waals surface area contributed by atoms with Gasteiger partial charge in [-0.25, -0.2) is 0 Å². The first-order valence-corrected chi connectivity index (χ1v) is 12.3. The molecule has 0 amide bonds. The molecule has 0 spiro atoms. The van der Waals surface area contributed by atoms with Crippen LogP contribution in [0.5, 0.6) is 0 Å². The van der Waals surface area contributed by atoms with Gasteiger partial charge >= 0.3 is 0 Å². The van der Waals surface area contributed by atoms with E-state index in [1.807, 2.05) is 0 Å². The molecule has 0 aliphatic heterocycles. The predicted octanol–water partition coefficient (Wildman–Crippen LogP) is 8.77. The summed E-state index contributed by atoms with van der Waals surface area (Å²) >= 11 is 5.67. The van der Waals surface area contributed by atoms with Crippen molar-refractivity contribution in [2.75, 3.05) is 0 Å². The first kappa shape index (κ1) is 22.0. The van der Waals surface area contributed by atoms with Crippen LogP contribution in [0.3, 0.4) is 0 Å². The second kappa shape index (κ2) is 8.99. The zero-order valence-corrected chi connectivity index (χ0v) is 19.7. The van der Waals surface area contributed by atoms with E-state index in [1.165, 1.54) is 81.9 Å². The number of hydrogen-bond acceptors (Lipinski definition) is 1. The standard InChI is InChI=1S/C27H42S/c1-22(28)25(2)16-7-5-6-8-18-26(3,19-10-9-17-25)27(4)20-11-12-23(15-21-27)24-13-14-24/h11-12,15,20-21,24H,5-10,13-14,16-19H2,1-4H3. The highest BCUT2D eigenvalue weighted by atomic mass is 32.1. The van der Waals surface area contributed by atoms with Crippen LogP contribution in [0.4, 0.5) is 0 Å². The lowest BCUT2D eigenvalue weighted by atomic mass is 9.60. The predicted molar refractivity (Wildman–Crippen MR) is 128 cm³/mol. The Morgan fingerprint density at radius 1 is 0.857 bits per heavy atom. The molecular weight excluding hydrogens is 356 g/mol. The van der Waals surface area contributed by atoms with Gasteiger partial charge in [0.25, 0.3) is 0 Å². The van der Waals surface area contributed by atoms with Crippen LogP contribution in [-0.4, -0.2) is 4.86 Å². The Morgan fingerprint density at radius 2 is 1.43 bits per heavy atom. The molecule has 2 fully saturated rings. The summed E-state index contributed by atoms with van der Waals surface area (Å²) in [6, 6.07) is 0. The van der Waals surface area contributed by atoms with Gasteiger partial charge in [0.15, 0.2) is 0 Å². The van der Waals surface area contributed by atoms with E-state index in [2.05, 4.69) is 58.1 Å². The van der Waals surface area contributed by atoms with Crippen molar-refractivity contribution in [3.63, 3.8) is 0 Å². The Morgan fingerprint density at radius 3 is 2.04 bits per heavy atom. The van der Waals surface area contributed by atoms with Crippen molar-refractivity contribution in [2.45, 2.75) is 105 Å². The highest BCUT2D eigenvalue weighted by Crippen LogP contribution is 2.51. The highest BCUT2D eigenvalue weighted by molar-refractivity contribution is 7.80. The molecule has 0 nitrogen and oxygen atoms in total. The average Bonchev–Trinajstić information content (AvgIpc) is 3.48. The number of rotatable bonds is 3. The average molecular weight is 399 g/mol. The lowest BCUT2D eigenvalue weighted by Crippen LogP contribution is -2.35. The summed E-state index contributed by atoms with van der Waals surface area (Å²) in [5.74, 6) is 0.836. The summed E-state index contributed by atoms with van der Waals surface area (Å²) in [5.41, 5.74) is 2.34. The Balaban J connectivity index is 1.73. The minimum absolute atomic E-state index is 0.160. The monoisotopic (exact) mass is 398 g/mol. The van der Waals surface area contributed by atoms with Crippen LogP contribution >= 0.6 is 12.2 Å². The lowest BCUT2D eigenvalue weighted by molar-refractivity contribution is 0.126. The van der Waals surface area contributed by atoms with Crippen LogP contribution in [0.1, 0.15) is 105 Å². The van der Waals surface area contributed by atoms with E-state index < -0.39 is 0 Å². The van der Waals surface area contributed by atoms with Crippen molar-refractivity contribution >= 4 is 17.1 Å². The minimum Gasteiger partial charge on any atom is -0.0894 e. The smallest absolute Gasteiger partial charge is 0.00926 e. The molecule has 0 aromatic heterocycles. The largest absolute Gasteiger partial charge is 0.0894 e. The normalized spacial score (nSPS) is 38.1. The topological polar surface area (TPSA) is 0 Å². The third-order valence-corrected chi connectivity index (χ3v) is 8.96. The summed E-state index contributed by atoms with van der Waals surface area (Å²) in [4.78, 5) is 1.23. The Hall–Kier alpha value is -0.690. The third kappa shape index (κ3) is 5.07. The van der Waals surface area contributed by atoms with Crippen molar-refractivity contribution in [3.8, 4) is 0 Å². The lowest BCUT2D eigenvalue weighted by Gasteiger charge is -2.44. The van der Waals surface area contributed by atoms with Gasteiger partial charge < -0.3 is 0 Å². The highest BCUT2D eigenvalue weighted by Gasteiger charge is 2.41. The second-order valence-electron chi connectivity index (χ2n) is 10.7. The summed E-state index contributed by atoms with van der Waals surface area (Å²) in [6.45, 7) is 9.65. The van der Waals surface area contributed by atoms with Crippen molar-refractivity contribution in [1.29, 1.82) is 0 Å². The van der Waals surface area contributed by atoms with Crippen LogP contribution in [0, 0.1) is 22.2 Å². The van der Waals surface area contributed by atoms with E-state index >= 15 is 0 Å². The van der Waals surface area contributed by atoms with Crippen LogP contribution in [0.25, 0.3) is 0 Å². The summed E-state index contributed by atoms with van der Waals surface area (Å²) in [6.07, 6.45) is 28.4. The molecule has 0 heterocycles. The van der Waals surface area contributed by atoms with E-state index in [4.69, 9.17) is 12.2 Å². The van der Waals surface area contributed by atoms with Gasteiger partial charge in [-0.05, 0) is 72.6 Å². The van der Waals surface area contributed by atoms with Gasteiger partial charge in [-0.1, -0.05) is 102 Å². The van der Waals surface area contributed by atoms with E-state index in [-0.39, 0.29) is 10.8 Å². The molecule has 156 valence electrons. The van der Waals surface area contributed by atoms with E-state index in [0.29, 0.717) is 5.41 Å². The molecule has 0 saturated heterocycles. The maximum atomic E-state index is 5.67. The van der Waals surface area contributed by atoms with E-state index in [0.717, 1.165) is 5.92 Å². The molecule has 1 heteroatoms. The molecule has 0 aromatic carbocycles. The first-order valence-electron chi connectivity index (χ1n) is 11.9. The zero-order chi connectivity index (χ0) is 20.3. The molecule has 0 radical (unpaired) electrons. The number of hydrogen-bond donors (Lipinski definition) is 0. The summed E-state index contributed by atoms with van der Waals surface area (Å²) in [7, 11) is 0. The van der Waals surface area contributed by atoms with Crippen LogP contribution < -0.4 is 0 Å². The molecule has 2 saturated carbocycles. The van der Waals surface area contributed by atoms with Crippen LogP contribution in [0.15, 0.2) is 36.0 Å². The Kier molecular flexibility index (Phi) is 7.06. The fourth-order valence-electron chi connectivity index (χ4n) is 5.39. The SMILES string of the molecule is CC(=S)C1(C)CCCCCCC(C)(C2(C)C=CC=C(C3CC3)C=C2)CCCC1. The molecule has 3 unspecified atom stereocenters. The zero-order valence-electron chi connectivity index (χ0n) is 18.9. The van der Waals surface area contributed by atoms with Gasteiger partial charge in [0.05, 0.1) is 0 Å². The van der Waals surface area contributed by atoms with Gasteiger partial charge in [-0.2, -0.15) is 0 Å². The molecule has 3 aliphatic rings. The third-order valence-electron chi connectivity index (χ3n) is 8.47. The number of allylic oxidation sites excluding steroid dienone is 6. The van der Waals surface area contributed by atoms with Crippen molar-refractivity contribution in [3.05, 3.63) is 36.0 Å². The molecule has 3 atom stereocenters. The molecular formula is C27H42S. The van der Waals surface area contributed by atoms with Gasteiger partial charge in [0.2, 0.25) is 0 Å². The minimum atomic E-state index is 0.160. The summed E-state index contributed by atoms with van der Waals surface area (Å²) < 4.78 is 0. The van der Waals surface area contributed by atoms with E-state index in [1.54, 1.807) is 5.57 Å². The second-order valence-corrected chi connectivity index (χ2v) is 11.3. The fraction of sp³-hybridized carbons (Fsp3) is 0.741. The van der Waals surface area contributed by atoms with Crippen LogP contribution in [0.2, 0.25) is 0 Å². The van der Waals surface area contributed by atoms with Crippen molar-refractivity contribution in [1.82, 2.24) is 0 Å². The van der Waals surface area contributed by atoms with Gasteiger partial charge in [0.1, 0.15) is 0 Å². The molecule has 28 heavy (non-hydrogen) atoms. The van der Waals surface area contributed by atoms with Crippen molar-refractivity contribution in [2.24, 2.45) is 22.2 Å². The molecule has 0 bridgehead atoms. The summed E-state index contributed by atoms with van der Waals surface area (Å²) in [5, 5.41) is 0.